The predicted octanol–water partition coefficient (Wildman–Crippen LogP) is 4.52. The fraction of sp³-hybridized carbons (Fsp3) is 0.391. The number of carbonyl (C=O) groups excluding carboxylic acids is 1. The molecular weight excluding hydrogens is 429 g/mol. The van der Waals surface area contributed by atoms with Crippen LogP contribution < -0.4 is 5.73 Å². The smallest absolute Gasteiger partial charge is 0.283 e. The third-order valence-electron chi connectivity index (χ3n) is 6.70. The minimum atomic E-state index is -2.96. The first kappa shape index (κ1) is 20.4. The highest BCUT2D eigenvalue weighted by Gasteiger charge is 2.64. The number of nitrogens with zero attached hydrogens (tertiary/aromatic N) is 1. The Labute approximate surface area is 182 Å². The van der Waals surface area contributed by atoms with Gasteiger partial charge in [-0.3, -0.25) is 4.79 Å². The number of fused-ring (bicyclic) bond motifs is 1. The molecule has 5 rings (SSSR count). The average molecular weight is 449 g/mol. The van der Waals surface area contributed by atoms with Gasteiger partial charge in [-0.05, 0) is 54.7 Å². The molecule has 0 aromatic heterocycles. The molecule has 2 aromatic rings. The number of hydrogen-bond donors (Lipinski definition) is 1. The number of rotatable bonds is 6. The van der Waals surface area contributed by atoms with Crippen molar-refractivity contribution in [3.8, 4) is 0 Å². The van der Waals surface area contributed by atoms with Gasteiger partial charge < -0.3 is 10.5 Å². The molecule has 3 atom stereocenters. The summed E-state index contributed by atoms with van der Waals surface area (Å²) < 4.78 is 48.6. The molecule has 0 amide bonds. The highest BCUT2D eigenvalue weighted by molar-refractivity contribution is 6.30. The molecule has 31 heavy (non-hydrogen) atoms. The Morgan fingerprint density at radius 1 is 1.23 bits per heavy atom. The molecule has 2 fully saturated rings. The zero-order valence-corrected chi connectivity index (χ0v) is 17.2. The lowest BCUT2D eigenvalue weighted by Gasteiger charge is -2.33. The number of benzene rings is 2. The van der Waals surface area contributed by atoms with Crippen LogP contribution in [0.3, 0.4) is 0 Å². The molecule has 162 valence electrons. The van der Waals surface area contributed by atoms with E-state index in [0.29, 0.717) is 29.8 Å². The number of Topliss-reactive ketones (excluding diaryl/α,β-unsaturated/α-hetero) is 1. The van der Waals surface area contributed by atoms with Gasteiger partial charge in [0.05, 0.1) is 5.41 Å². The summed E-state index contributed by atoms with van der Waals surface area (Å²) >= 11 is 5.95. The van der Waals surface area contributed by atoms with Crippen molar-refractivity contribution in [1.29, 1.82) is 0 Å². The first-order chi connectivity index (χ1) is 14.8. The van der Waals surface area contributed by atoms with Crippen molar-refractivity contribution >= 4 is 23.4 Å². The van der Waals surface area contributed by atoms with Crippen molar-refractivity contribution < 1.29 is 22.7 Å². The van der Waals surface area contributed by atoms with Gasteiger partial charge in [0, 0.05) is 22.9 Å². The number of ketones is 1. The van der Waals surface area contributed by atoms with Crippen LogP contribution in [0.5, 0.6) is 0 Å². The van der Waals surface area contributed by atoms with Crippen LogP contribution in [0.15, 0.2) is 47.5 Å². The first-order valence-electron chi connectivity index (χ1n) is 10.1. The van der Waals surface area contributed by atoms with Gasteiger partial charge in [0.2, 0.25) is 0 Å². The fourth-order valence-corrected chi connectivity index (χ4v) is 4.89. The molecule has 1 aliphatic heterocycles. The summed E-state index contributed by atoms with van der Waals surface area (Å²) in [5.41, 5.74) is 4.05. The summed E-state index contributed by atoms with van der Waals surface area (Å²) in [6.45, 7) is 0. The Kier molecular flexibility index (Phi) is 4.59. The predicted molar refractivity (Wildman–Crippen MR) is 110 cm³/mol. The zero-order chi connectivity index (χ0) is 22.0. The summed E-state index contributed by atoms with van der Waals surface area (Å²) in [6.07, 6.45) is -1.69. The number of carbonyl (C=O) groups is 1. The van der Waals surface area contributed by atoms with Gasteiger partial charge in [0.15, 0.2) is 5.54 Å². The third-order valence-corrected chi connectivity index (χ3v) is 6.96. The van der Waals surface area contributed by atoms with Crippen molar-refractivity contribution in [1.82, 2.24) is 0 Å². The molecule has 3 aliphatic rings. The van der Waals surface area contributed by atoms with E-state index in [9.17, 15) is 18.0 Å². The van der Waals surface area contributed by atoms with Crippen molar-refractivity contribution in [3.63, 3.8) is 0 Å². The quantitative estimate of drug-likeness (QED) is 0.706. The first-order valence-corrected chi connectivity index (χ1v) is 10.5. The molecule has 2 aromatic carbocycles. The Hall–Kier alpha value is -2.54. The molecule has 4 nitrogen and oxygen atoms in total. The van der Waals surface area contributed by atoms with Crippen LogP contribution in [0.1, 0.15) is 36.0 Å². The molecule has 2 N–H and O–H groups in total. The number of nitrogens with two attached hydrogens (primary N) is 1. The summed E-state index contributed by atoms with van der Waals surface area (Å²) in [7, 11) is 0. The maximum Gasteiger partial charge on any atom is 0.283 e. The second kappa shape index (κ2) is 6.99. The Bertz CT molecular complexity index is 1080. The van der Waals surface area contributed by atoms with Crippen LogP contribution >= 0.6 is 11.6 Å². The molecule has 2 saturated carbocycles. The zero-order valence-electron chi connectivity index (χ0n) is 16.5. The lowest BCUT2D eigenvalue weighted by molar-refractivity contribution is -0.120. The lowest BCUT2D eigenvalue weighted by atomic mass is 9.82. The van der Waals surface area contributed by atoms with Crippen molar-refractivity contribution in [2.24, 2.45) is 16.6 Å². The Balaban J connectivity index is 1.47. The second-order valence-electron chi connectivity index (χ2n) is 8.58. The standard InChI is InChI=1S/C23H20ClF3N2O2/c24-14-4-2-13(3-5-14)22(7-8-22)19(30)10-12-1-6-17(25)15(9-12)23(20(26)27)16-11-18(16)31-21(28)29-23/h1-6,9,16,18,20H,7-8,10-11H2,(H2,28,29)/t16-,18+,23+/m0/s1. The summed E-state index contributed by atoms with van der Waals surface area (Å²) in [6, 6.07) is 10.7. The molecule has 0 spiro atoms. The third kappa shape index (κ3) is 3.21. The van der Waals surface area contributed by atoms with Crippen LogP contribution in [0.4, 0.5) is 13.2 Å². The summed E-state index contributed by atoms with van der Waals surface area (Å²) in [5.74, 6) is -1.47. The lowest BCUT2D eigenvalue weighted by Crippen LogP contribution is -2.43. The molecular formula is C23H20ClF3N2O2. The van der Waals surface area contributed by atoms with Gasteiger partial charge >= 0.3 is 0 Å². The number of amidine groups is 1. The van der Waals surface area contributed by atoms with Gasteiger partial charge in [-0.25, -0.2) is 18.2 Å². The van der Waals surface area contributed by atoms with Gasteiger partial charge in [-0.1, -0.05) is 29.8 Å². The summed E-state index contributed by atoms with van der Waals surface area (Å²) in [5, 5.41) is 0.585. The Morgan fingerprint density at radius 3 is 2.58 bits per heavy atom. The normalized spacial score (nSPS) is 27.8. The largest absolute Gasteiger partial charge is 0.462 e. The molecule has 2 aliphatic carbocycles. The number of aliphatic imine (C=N–C) groups is 1. The number of alkyl halides is 2. The molecule has 8 heteroatoms. The van der Waals surface area contributed by atoms with E-state index in [-0.39, 0.29) is 23.8 Å². The van der Waals surface area contributed by atoms with E-state index in [2.05, 4.69) is 4.99 Å². The summed E-state index contributed by atoms with van der Waals surface area (Å²) in [4.78, 5) is 17.0. The van der Waals surface area contributed by atoms with E-state index >= 15 is 0 Å². The maximum absolute atomic E-state index is 14.8. The van der Waals surface area contributed by atoms with Gasteiger partial charge in [-0.15, -0.1) is 0 Å². The van der Waals surface area contributed by atoms with Crippen LogP contribution in [-0.2, 0) is 26.9 Å². The van der Waals surface area contributed by atoms with Crippen molar-refractivity contribution in [2.75, 3.05) is 0 Å². The van der Waals surface area contributed by atoms with E-state index in [1.807, 2.05) is 12.1 Å². The molecule has 0 unspecified atom stereocenters. The van der Waals surface area contributed by atoms with Crippen LogP contribution in [-0.4, -0.2) is 24.3 Å². The van der Waals surface area contributed by atoms with E-state index in [0.717, 1.165) is 11.6 Å². The molecule has 0 bridgehead atoms. The van der Waals surface area contributed by atoms with Gasteiger partial charge in [0.1, 0.15) is 17.7 Å². The maximum atomic E-state index is 14.8. The monoisotopic (exact) mass is 448 g/mol. The van der Waals surface area contributed by atoms with E-state index in [4.69, 9.17) is 22.1 Å². The second-order valence-corrected chi connectivity index (χ2v) is 9.01. The van der Waals surface area contributed by atoms with E-state index in [1.165, 1.54) is 12.1 Å². The van der Waals surface area contributed by atoms with E-state index in [1.54, 1.807) is 12.1 Å². The van der Waals surface area contributed by atoms with Crippen LogP contribution in [0.2, 0.25) is 5.02 Å². The number of ether oxygens (including phenoxy) is 1. The topological polar surface area (TPSA) is 64.7 Å². The average Bonchev–Trinajstić information content (AvgIpc) is 3.63. The van der Waals surface area contributed by atoms with Crippen LogP contribution in [0.25, 0.3) is 0 Å². The highest BCUT2D eigenvalue weighted by atomic mass is 35.5. The molecule has 1 heterocycles. The number of hydrogen-bond acceptors (Lipinski definition) is 4. The fourth-order valence-electron chi connectivity index (χ4n) is 4.77. The molecule has 0 radical (unpaired) electrons. The minimum Gasteiger partial charge on any atom is -0.462 e. The van der Waals surface area contributed by atoms with Crippen LogP contribution in [0, 0.1) is 11.7 Å². The van der Waals surface area contributed by atoms with Crippen molar-refractivity contribution in [2.45, 2.75) is 49.2 Å². The minimum absolute atomic E-state index is 0.0129. The highest BCUT2D eigenvalue weighted by Crippen LogP contribution is 2.56. The molecule has 0 saturated heterocycles. The number of halogens is 4. The Morgan fingerprint density at radius 2 is 1.94 bits per heavy atom. The van der Waals surface area contributed by atoms with Gasteiger partial charge in [0.25, 0.3) is 12.4 Å². The SMILES string of the molecule is NC1=N[C@@](c2cc(CC(=O)C3(c4ccc(Cl)cc4)CC3)ccc2F)(C(F)F)[C@H]2C[C@H]2O1. The van der Waals surface area contributed by atoms with Crippen molar-refractivity contribution in [3.05, 3.63) is 70.0 Å². The van der Waals surface area contributed by atoms with Gasteiger partial charge in [-0.2, -0.15) is 0 Å². The van der Waals surface area contributed by atoms with E-state index < -0.39 is 35.2 Å².